The number of hydrogen-bond acceptors (Lipinski definition) is 6. The summed E-state index contributed by atoms with van der Waals surface area (Å²) in [5.41, 5.74) is 2.03. The van der Waals surface area contributed by atoms with E-state index in [1.807, 2.05) is 25.1 Å². The molecule has 2 rings (SSSR count). The van der Waals surface area contributed by atoms with Crippen LogP contribution < -0.4 is 15.1 Å². The van der Waals surface area contributed by atoms with Gasteiger partial charge in [-0.1, -0.05) is 12.1 Å². The van der Waals surface area contributed by atoms with Crippen LogP contribution in [0.1, 0.15) is 30.7 Å². The minimum Gasteiger partial charge on any atom is -0.484 e. The van der Waals surface area contributed by atoms with E-state index >= 15 is 0 Å². The molecule has 0 N–H and O–H groups in total. The van der Waals surface area contributed by atoms with Gasteiger partial charge in [-0.15, -0.1) is 0 Å². The number of aromatic nitrogens is 1. The maximum atomic E-state index is 11.4. The molecule has 1 atom stereocenters. The second-order valence-electron chi connectivity index (χ2n) is 5.90. The quantitative estimate of drug-likeness (QED) is 0.473. The van der Waals surface area contributed by atoms with E-state index in [2.05, 4.69) is 4.98 Å². The first-order chi connectivity index (χ1) is 13.0. The van der Waals surface area contributed by atoms with Crippen LogP contribution in [0, 0.1) is 6.92 Å². The number of hydrogen-bond donors (Lipinski definition) is 0. The topological polar surface area (TPSA) is 66.9 Å². The molecule has 1 aromatic heterocycles. The van der Waals surface area contributed by atoms with Gasteiger partial charge in [0.1, 0.15) is 25.4 Å². The molecule has 0 aliphatic rings. The zero-order valence-electron chi connectivity index (χ0n) is 15.9. The standard InChI is InChI=1S/C20H24BNO5/c1-4-25-20(23)13-26-17-9-8-15(12-14(17)2)27-18(10-11-24-3)16-6-5-7-19(21)22-16/h5-9,12,18H,4,10-11,13H2,1-3H3/t18-/m0/s1. The minimum atomic E-state index is -0.399. The van der Waals surface area contributed by atoms with Gasteiger partial charge in [0.15, 0.2) is 6.61 Å². The lowest BCUT2D eigenvalue weighted by Gasteiger charge is -2.20. The second kappa shape index (κ2) is 10.6. The van der Waals surface area contributed by atoms with Crippen molar-refractivity contribution in [1.29, 1.82) is 0 Å². The third kappa shape index (κ3) is 6.60. The molecule has 0 spiro atoms. The predicted molar refractivity (Wildman–Crippen MR) is 103 cm³/mol. The SMILES string of the molecule is [B]c1cccc([C@H](CCOC)Oc2ccc(OCC(=O)OCC)c(C)c2)n1. The van der Waals surface area contributed by atoms with Crippen LogP contribution in [-0.2, 0) is 14.3 Å². The number of carbonyl (C=O) groups is 1. The van der Waals surface area contributed by atoms with Gasteiger partial charge in [0.05, 0.1) is 18.9 Å². The summed E-state index contributed by atoms with van der Waals surface area (Å²) in [6.45, 7) is 4.37. The molecule has 0 saturated heterocycles. The lowest BCUT2D eigenvalue weighted by atomic mass is 10.0. The predicted octanol–water partition coefficient (Wildman–Crippen LogP) is 2.28. The normalized spacial score (nSPS) is 11.7. The van der Waals surface area contributed by atoms with Crippen LogP contribution in [0.5, 0.6) is 11.5 Å². The number of benzene rings is 1. The Balaban J connectivity index is 2.08. The zero-order chi connectivity index (χ0) is 19.6. The fourth-order valence-corrected chi connectivity index (χ4v) is 2.50. The monoisotopic (exact) mass is 369 g/mol. The van der Waals surface area contributed by atoms with Crippen LogP contribution in [-0.4, -0.2) is 45.7 Å². The molecule has 0 bridgehead atoms. The van der Waals surface area contributed by atoms with E-state index in [4.69, 9.17) is 26.8 Å². The molecule has 2 aromatic rings. The molecule has 2 radical (unpaired) electrons. The van der Waals surface area contributed by atoms with Gasteiger partial charge in [-0.2, -0.15) is 0 Å². The van der Waals surface area contributed by atoms with Crippen molar-refractivity contribution >= 4 is 19.4 Å². The Morgan fingerprint density at radius 2 is 2.07 bits per heavy atom. The van der Waals surface area contributed by atoms with Crippen LogP contribution in [0.15, 0.2) is 36.4 Å². The maximum absolute atomic E-state index is 11.4. The minimum absolute atomic E-state index is 0.126. The maximum Gasteiger partial charge on any atom is 0.344 e. The van der Waals surface area contributed by atoms with Crippen molar-refractivity contribution in [3.8, 4) is 11.5 Å². The van der Waals surface area contributed by atoms with Crippen molar-refractivity contribution < 1.29 is 23.7 Å². The molecule has 0 amide bonds. The molecule has 1 aromatic carbocycles. The van der Waals surface area contributed by atoms with E-state index in [0.29, 0.717) is 36.7 Å². The van der Waals surface area contributed by atoms with E-state index in [1.54, 1.807) is 32.2 Å². The van der Waals surface area contributed by atoms with Crippen LogP contribution in [0.4, 0.5) is 0 Å². The van der Waals surface area contributed by atoms with Gasteiger partial charge in [-0.05, 0) is 49.3 Å². The fourth-order valence-electron chi connectivity index (χ4n) is 2.50. The molecule has 1 heterocycles. The Labute approximate surface area is 161 Å². The molecule has 6 nitrogen and oxygen atoms in total. The number of aryl methyl sites for hydroxylation is 1. The van der Waals surface area contributed by atoms with Gasteiger partial charge in [0.25, 0.3) is 0 Å². The summed E-state index contributed by atoms with van der Waals surface area (Å²) in [6, 6.07) is 10.9. The van der Waals surface area contributed by atoms with Crippen molar-refractivity contribution in [3.63, 3.8) is 0 Å². The van der Waals surface area contributed by atoms with Gasteiger partial charge in [-0.3, -0.25) is 4.98 Å². The highest BCUT2D eigenvalue weighted by molar-refractivity contribution is 6.30. The van der Waals surface area contributed by atoms with Crippen molar-refractivity contribution in [2.45, 2.75) is 26.4 Å². The Morgan fingerprint density at radius 1 is 1.26 bits per heavy atom. The summed E-state index contributed by atoms with van der Waals surface area (Å²) in [5.74, 6) is 0.872. The third-order valence-electron chi connectivity index (χ3n) is 3.78. The van der Waals surface area contributed by atoms with Crippen molar-refractivity contribution in [1.82, 2.24) is 4.98 Å². The summed E-state index contributed by atoms with van der Waals surface area (Å²) < 4.78 is 21.6. The Kier molecular flexibility index (Phi) is 8.14. The van der Waals surface area contributed by atoms with Crippen molar-refractivity contribution in [3.05, 3.63) is 47.7 Å². The summed E-state index contributed by atoms with van der Waals surface area (Å²) in [7, 11) is 7.43. The zero-order valence-corrected chi connectivity index (χ0v) is 15.9. The van der Waals surface area contributed by atoms with Crippen LogP contribution in [0.3, 0.4) is 0 Å². The third-order valence-corrected chi connectivity index (χ3v) is 3.78. The number of carbonyl (C=O) groups excluding carboxylic acids is 1. The summed E-state index contributed by atoms with van der Waals surface area (Å²) in [6.07, 6.45) is 0.340. The Morgan fingerprint density at radius 3 is 2.74 bits per heavy atom. The highest BCUT2D eigenvalue weighted by atomic mass is 16.6. The summed E-state index contributed by atoms with van der Waals surface area (Å²) >= 11 is 0. The molecule has 0 unspecified atom stereocenters. The van der Waals surface area contributed by atoms with E-state index < -0.39 is 5.97 Å². The van der Waals surface area contributed by atoms with Crippen LogP contribution in [0.25, 0.3) is 0 Å². The highest BCUT2D eigenvalue weighted by Crippen LogP contribution is 2.28. The first-order valence-corrected chi connectivity index (χ1v) is 8.80. The van der Waals surface area contributed by atoms with Gasteiger partial charge >= 0.3 is 5.97 Å². The molecule has 27 heavy (non-hydrogen) atoms. The van der Waals surface area contributed by atoms with E-state index in [9.17, 15) is 4.79 Å². The average molecular weight is 369 g/mol. The lowest BCUT2D eigenvalue weighted by Crippen LogP contribution is -2.17. The molecule has 0 aliphatic heterocycles. The number of rotatable bonds is 10. The number of nitrogens with zero attached hydrogens (tertiary/aromatic N) is 1. The smallest absolute Gasteiger partial charge is 0.344 e. The molecule has 142 valence electrons. The largest absolute Gasteiger partial charge is 0.484 e. The van der Waals surface area contributed by atoms with E-state index in [0.717, 1.165) is 11.3 Å². The molecule has 0 fully saturated rings. The van der Waals surface area contributed by atoms with Gasteiger partial charge < -0.3 is 18.9 Å². The molecule has 0 aliphatic carbocycles. The molecule has 7 heteroatoms. The first-order valence-electron chi connectivity index (χ1n) is 8.80. The van der Waals surface area contributed by atoms with Gasteiger partial charge in [-0.25, -0.2) is 4.79 Å². The number of pyridine rings is 1. The fraction of sp³-hybridized carbons (Fsp3) is 0.400. The van der Waals surface area contributed by atoms with Gasteiger partial charge in [0.2, 0.25) is 0 Å². The number of methoxy groups -OCH3 is 1. The van der Waals surface area contributed by atoms with Crippen molar-refractivity contribution in [2.24, 2.45) is 0 Å². The molecular formula is C20H24BNO5. The van der Waals surface area contributed by atoms with Crippen LogP contribution in [0.2, 0.25) is 0 Å². The van der Waals surface area contributed by atoms with Crippen LogP contribution >= 0.6 is 0 Å². The van der Waals surface area contributed by atoms with E-state index in [1.165, 1.54) is 0 Å². The van der Waals surface area contributed by atoms with Crippen molar-refractivity contribution in [2.75, 3.05) is 26.9 Å². The Hall–Kier alpha value is -2.54. The molecular weight excluding hydrogens is 345 g/mol. The summed E-state index contributed by atoms with van der Waals surface area (Å²) in [5, 5.41) is 0. The second-order valence-corrected chi connectivity index (χ2v) is 5.90. The van der Waals surface area contributed by atoms with E-state index in [-0.39, 0.29) is 12.7 Å². The molecule has 0 saturated carbocycles. The first kappa shape index (κ1) is 20.8. The summed E-state index contributed by atoms with van der Waals surface area (Å²) in [4.78, 5) is 15.8. The lowest BCUT2D eigenvalue weighted by molar-refractivity contribution is -0.145. The highest BCUT2D eigenvalue weighted by Gasteiger charge is 2.16. The van der Waals surface area contributed by atoms with Gasteiger partial charge in [0, 0.05) is 13.5 Å². The number of esters is 1. The number of ether oxygens (including phenoxy) is 4. The Bertz CT molecular complexity index is 753. The average Bonchev–Trinajstić information content (AvgIpc) is 2.64.